The summed E-state index contributed by atoms with van der Waals surface area (Å²) in [7, 11) is 0. The van der Waals surface area contributed by atoms with E-state index in [1.807, 2.05) is 13.0 Å². The minimum absolute atomic E-state index is 0.298. The first kappa shape index (κ1) is 17.1. The van der Waals surface area contributed by atoms with Crippen LogP contribution >= 0.6 is 0 Å². The van der Waals surface area contributed by atoms with E-state index in [-0.39, 0.29) is 0 Å². The van der Waals surface area contributed by atoms with Gasteiger partial charge < -0.3 is 10.1 Å². The van der Waals surface area contributed by atoms with Gasteiger partial charge in [-0.25, -0.2) is 0 Å². The van der Waals surface area contributed by atoms with E-state index in [2.05, 4.69) is 58.5 Å². The maximum Gasteiger partial charge on any atom is 0.0594 e. The molecule has 0 aliphatic carbocycles. The van der Waals surface area contributed by atoms with Gasteiger partial charge in [0.1, 0.15) is 0 Å². The van der Waals surface area contributed by atoms with Crippen LogP contribution in [0, 0.1) is 13.8 Å². The van der Waals surface area contributed by atoms with E-state index in [1.54, 1.807) is 0 Å². The molecule has 0 bridgehead atoms. The monoisotopic (exact) mass is 325 g/mol. The molecule has 3 rings (SSSR count). The summed E-state index contributed by atoms with van der Waals surface area (Å²) in [5.74, 6) is 0. The summed E-state index contributed by atoms with van der Waals surface area (Å²) in [6, 6.07) is 15.1. The molecule has 1 atom stereocenters. The maximum atomic E-state index is 5.48. The lowest BCUT2D eigenvalue weighted by Gasteiger charge is -2.31. The van der Waals surface area contributed by atoms with Gasteiger partial charge in [0.25, 0.3) is 0 Å². The van der Waals surface area contributed by atoms with Crippen LogP contribution in [0.1, 0.15) is 28.6 Å². The van der Waals surface area contributed by atoms with Crippen LogP contribution in [0.3, 0.4) is 0 Å². The topological polar surface area (TPSA) is 37.4 Å². The number of ether oxygens (including phenoxy) is 1. The van der Waals surface area contributed by atoms with Crippen LogP contribution in [0.2, 0.25) is 0 Å². The predicted molar refractivity (Wildman–Crippen MR) is 97.0 cm³/mol. The number of nitrogens with zero attached hydrogens (tertiary/aromatic N) is 2. The lowest BCUT2D eigenvalue weighted by molar-refractivity contribution is 0.0333. The maximum absolute atomic E-state index is 5.48. The molecule has 0 saturated carbocycles. The smallest absolute Gasteiger partial charge is 0.0594 e. The fourth-order valence-corrected chi connectivity index (χ4v) is 3.22. The van der Waals surface area contributed by atoms with E-state index in [1.165, 1.54) is 11.1 Å². The van der Waals surface area contributed by atoms with E-state index < -0.39 is 0 Å². The van der Waals surface area contributed by atoms with Crippen LogP contribution in [-0.4, -0.2) is 42.7 Å². The van der Waals surface area contributed by atoms with Crippen molar-refractivity contribution in [3.63, 3.8) is 0 Å². The first-order chi connectivity index (χ1) is 11.7. The molecule has 1 N–H and O–H groups in total. The molecule has 1 aliphatic heterocycles. The number of aromatic nitrogens is 1. The number of hydrogen-bond acceptors (Lipinski definition) is 4. The average Bonchev–Trinajstić information content (AvgIpc) is 2.60. The molecular weight excluding hydrogens is 298 g/mol. The lowest BCUT2D eigenvalue weighted by Crippen LogP contribution is -2.42. The average molecular weight is 325 g/mol. The molecule has 1 saturated heterocycles. The van der Waals surface area contributed by atoms with Crippen LogP contribution in [-0.2, 0) is 11.3 Å². The Hall–Kier alpha value is -1.75. The number of morpholine rings is 1. The molecule has 24 heavy (non-hydrogen) atoms. The second-order valence-corrected chi connectivity index (χ2v) is 6.47. The quantitative estimate of drug-likeness (QED) is 0.886. The van der Waals surface area contributed by atoms with Gasteiger partial charge in [0.05, 0.1) is 18.9 Å². The number of hydrogen-bond donors (Lipinski definition) is 1. The number of benzene rings is 1. The molecule has 4 nitrogen and oxygen atoms in total. The molecule has 0 unspecified atom stereocenters. The zero-order valence-electron chi connectivity index (χ0n) is 14.7. The van der Waals surface area contributed by atoms with Crippen LogP contribution in [0.15, 0.2) is 42.5 Å². The van der Waals surface area contributed by atoms with Crippen molar-refractivity contribution in [2.75, 3.05) is 32.8 Å². The zero-order chi connectivity index (χ0) is 16.8. The predicted octanol–water partition coefficient (Wildman–Crippen LogP) is 2.86. The van der Waals surface area contributed by atoms with Crippen molar-refractivity contribution < 1.29 is 4.74 Å². The molecule has 0 amide bonds. The second kappa shape index (κ2) is 8.38. The SMILES string of the molecule is Cc1cccc(CN[C@H](CN2CCOCC2)c2ccccc2C)n1. The van der Waals surface area contributed by atoms with Gasteiger partial charge in [0.15, 0.2) is 0 Å². The van der Waals surface area contributed by atoms with E-state index in [0.717, 1.165) is 50.8 Å². The fourth-order valence-electron chi connectivity index (χ4n) is 3.22. The second-order valence-electron chi connectivity index (χ2n) is 6.47. The van der Waals surface area contributed by atoms with Crippen molar-refractivity contribution in [1.29, 1.82) is 0 Å². The Balaban J connectivity index is 1.72. The van der Waals surface area contributed by atoms with Crippen molar-refractivity contribution in [3.05, 3.63) is 65.0 Å². The molecular formula is C20H27N3O. The van der Waals surface area contributed by atoms with Gasteiger partial charge in [0.2, 0.25) is 0 Å². The Morgan fingerprint density at radius 1 is 1.08 bits per heavy atom. The summed E-state index contributed by atoms with van der Waals surface area (Å²) >= 11 is 0. The summed E-state index contributed by atoms with van der Waals surface area (Å²) in [6.45, 7) is 9.69. The minimum Gasteiger partial charge on any atom is -0.379 e. The summed E-state index contributed by atoms with van der Waals surface area (Å²) in [5, 5.41) is 3.72. The van der Waals surface area contributed by atoms with Crippen molar-refractivity contribution in [1.82, 2.24) is 15.2 Å². The fraction of sp³-hybridized carbons (Fsp3) is 0.450. The number of rotatable bonds is 6. The first-order valence-corrected chi connectivity index (χ1v) is 8.74. The Morgan fingerprint density at radius 2 is 1.88 bits per heavy atom. The van der Waals surface area contributed by atoms with Gasteiger partial charge in [-0.3, -0.25) is 9.88 Å². The molecule has 1 aromatic heterocycles. The van der Waals surface area contributed by atoms with Gasteiger partial charge >= 0.3 is 0 Å². The van der Waals surface area contributed by atoms with Crippen molar-refractivity contribution >= 4 is 0 Å². The van der Waals surface area contributed by atoms with Gasteiger partial charge in [-0.15, -0.1) is 0 Å². The number of aryl methyl sites for hydroxylation is 2. The van der Waals surface area contributed by atoms with Crippen molar-refractivity contribution in [2.24, 2.45) is 0 Å². The first-order valence-electron chi connectivity index (χ1n) is 8.74. The molecule has 4 heteroatoms. The number of nitrogens with one attached hydrogen (secondary N) is 1. The third-order valence-corrected chi connectivity index (χ3v) is 4.58. The molecule has 1 aromatic carbocycles. The molecule has 1 fully saturated rings. The van der Waals surface area contributed by atoms with Crippen molar-refractivity contribution in [2.45, 2.75) is 26.4 Å². The van der Waals surface area contributed by atoms with Gasteiger partial charge in [-0.1, -0.05) is 30.3 Å². The zero-order valence-corrected chi connectivity index (χ0v) is 14.7. The van der Waals surface area contributed by atoms with E-state index in [0.29, 0.717) is 6.04 Å². The molecule has 1 aliphatic rings. The summed E-state index contributed by atoms with van der Waals surface area (Å²) in [4.78, 5) is 7.10. The van der Waals surface area contributed by atoms with Gasteiger partial charge in [-0.2, -0.15) is 0 Å². The highest BCUT2D eigenvalue weighted by Gasteiger charge is 2.19. The van der Waals surface area contributed by atoms with Gasteiger partial charge in [0, 0.05) is 37.9 Å². The Kier molecular flexibility index (Phi) is 5.96. The molecule has 0 radical (unpaired) electrons. The van der Waals surface area contributed by atoms with E-state index in [4.69, 9.17) is 4.74 Å². The number of pyridine rings is 1. The van der Waals surface area contributed by atoms with Gasteiger partial charge in [-0.05, 0) is 37.1 Å². The highest BCUT2D eigenvalue weighted by molar-refractivity contribution is 5.29. The Morgan fingerprint density at radius 3 is 2.62 bits per heavy atom. The minimum atomic E-state index is 0.298. The standard InChI is InChI=1S/C20H27N3O/c1-16-6-3-4-9-19(16)20(15-23-10-12-24-13-11-23)21-14-18-8-5-7-17(2)22-18/h3-9,20-21H,10-15H2,1-2H3/t20-/m1/s1. The van der Waals surface area contributed by atoms with E-state index >= 15 is 0 Å². The van der Waals surface area contributed by atoms with Crippen LogP contribution in [0.25, 0.3) is 0 Å². The van der Waals surface area contributed by atoms with Crippen LogP contribution in [0.4, 0.5) is 0 Å². The molecule has 2 heterocycles. The largest absolute Gasteiger partial charge is 0.379 e. The van der Waals surface area contributed by atoms with Crippen molar-refractivity contribution in [3.8, 4) is 0 Å². The third-order valence-electron chi connectivity index (χ3n) is 4.58. The Labute approximate surface area is 144 Å². The highest BCUT2D eigenvalue weighted by atomic mass is 16.5. The van der Waals surface area contributed by atoms with E-state index in [9.17, 15) is 0 Å². The molecule has 128 valence electrons. The van der Waals surface area contributed by atoms with Crippen LogP contribution in [0.5, 0.6) is 0 Å². The van der Waals surface area contributed by atoms with Crippen LogP contribution < -0.4 is 5.32 Å². The normalized spacial score (nSPS) is 16.9. The molecule has 0 spiro atoms. The highest BCUT2D eigenvalue weighted by Crippen LogP contribution is 2.20. The molecule has 2 aromatic rings. The lowest BCUT2D eigenvalue weighted by atomic mass is 10.0. The third kappa shape index (κ3) is 4.63. The summed E-state index contributed by atoms with van der Waals surface area (Å²) in [5.41, 5.74) is 4.86. The summed E-state index contributed by atoms with van der Waals surface area (Å²) < 4.78 is 5.48. The summed E-state index contributed by atoms with van der Waals surface area (Å²) in [6.07, 6.45) is 0. The Bertz CT molecular complexity index is 653.